The van der Waals surface area contributed by atoms with Crippen molar-refractivity contribution in [3.05, 3.63) is 57.6 Å². The van der Waals surface area contributed by atoms with Gasteiger partial charge in [0.2, 0.25) is 0 Å². The first-order chi connectivity index (χ1) is 10.1. The minimum Gasteiger partial charge on any atom is -0.493 e. The molecule has 2 aromatic rings. The molecule has 0 unspecified atom stereocenters. The van der Waals surface area contributed by atoms with Crippen molar-refractivity contribution in [3.8, 4) is 17.6 Å². The summed E-state index contributed by atoms with van der Waals surface area (Å²) in [6.07, 6.45) is 0. The lowest BCUT2D eigenvalue weighted by atomic mass is 10.2. The second-order valence-electron chi connectivity index (χ2n) is 3.97. The van der Waals surface area contributed by atoms with Gasteiger partial charge in [-0.25, -0.2) is 4.79 Å². The van der Waals surface area contributed by atoms with Crippen LogP contribution in [-0.4, -0.2) is 13.1 Å². The minimum absolute atomic E-state index is 0.122. The number of halogens is 2. The van der Waals surface area contributed by atoms with Crippen molar-refractivity contribution in [1.29, 1.82) is 5.26 Å². The topological polar surface area (TPSA) is 59.3 Å². The smallest absolute Gasteiger partial charge is 0.345 e. The normalized spacial score (nSPS) is 9.81. The molecule has 0 aromatic heterocycles. The highest BCUT2D eigenvalue weighted by Crippen LogP contribution is 2.31. The number of nitriles is 1. The molecule has 0 N–H and O–H groups in total. The zero-order valence-electron chi connectivity index (χ0n) is 10.9. The first kappa shape index (κ1) is 15.2. The average Bonchev–Trinajstić information content (AvgIpc) is 2.50. The molecular weight excluding hydrogens is 313 g/mol. The van der Waals surface area contributed by atoms with Crippen LogP contribution in [-0.2, 0) is 0 Å². The molecule has 106 valence electrons. The van der Waals surface area contributed by atoms with Crippen LogP contribution in [0.25, 0.3) is 0 Å². The van der Waals surface area contributed by atoms with Gasteiger partial charge in [-0.3, -0.25) is 0 Å². The molecule has 0 aliphatic heterocycles. The summed E-state index contributed by atoms with van der Waals surface area (Å²) in [5.41, 5.74) is 0.544. The van der Waals surface area contributed by atoms with E-state index in [-0.39, 0.29) is 27.1 Å². The molecule has 0 aliphatic carbocycles. The van der Waals surface area contributed by atoms with Crippen molar-refractivity contribution >= 4 is 29.2 Å². The van der Waals surface area contributed by atoms with Gasteiger partial charge in [0.25, 0.3) is 0 Å². The predicted molar refractivity (Wildman–Crippen MR) is 79.1 cm³/mol. The van der Waals surface area contributed by atoms with Gasteiger partial charge in [-0.1, -0.05) is 29.3 Å². The Balaban J connectivity index is 2.32. The van der Waals surface area contributed by atoms with E-state index in [1.165, 1.54) is 31.4 Å². The summed E-state index contributed by atoms with van der Waals surface area (Å²) in [4.78, 5) is 12.1. The molecule has 0 radical (unpaired) electrons. The van der Waals surface area contributed by atoms with Gasteiger partial charge in [0.1, 0.15) is 0 Å². The number of hydrogen-bond acceptors (Lipinski definition) is 4. The van der Waals surface area contributed by atoms with E-state index in [4.69, 9.17) is 37.9 Å². The molecule has 0 amide bonds. The van der Waals surface area contributed by atoms with Gasteiger partial charge in [0, 0.05) is 6.07 Å². The highest BCUT2D eigenvalue weighted by Gasteiger charge is 2.17. The predicted octanol–water partition coefficient (Wildman–Crippen LogP) is 4.09. The number of carbonyl (C=O) groups is 1. The van der Waals surface area contributed by atoms with Crippen LogP contribution in [0.1, 0.15) is 15.9 Å². The molecule has 0 aliphatic rings. The van der Waals surface area contributed by atoms with Crippen LogP contribution in [0.5, 0.6) is 11.5 Å². The van der Waals surface area contributed by atoms with E-state index in [0.717, 1.165) is 0 Å². The van der Waals surface area contributed by atoms with E-state index in [2.05, 4.69) is 0 Å². The summed E-state index contributed by atoms with van der Waals surface area (Å²) in [7, 11) is 1.42. The van der Waals surface area contributed by atoms with Gasteiger partial charge in [-0.15, -0.1) is 0 Å². The third kappa shape index (κ3) is 3.27. The summed E-state index contributed by atoms with van der Waals surface area (Å²) in [6.45, 7) is 0. The fourth-order valence-electron chi connectivity index (χ4n) is 1.64. The lowest BCUT2D eigenvalue weighted by molar-refractivity contribution is 0.0730. The van der Waals surface area contributed by atoms with E-state index in [1.807, 2.05) is 6.07 Å². The SMILES string of the molecule is COc1cc(C#N)ccc1OC(=O)c1cccc(Cl)c1Cl. The molecule has 6 heteroatoms. The van der Waals surface area contributed by atoms with E-state index in [1.54, 1.807) is 12.1 Å². The van der Waals surface area contributed by atoms with Gasteiger partial charge < -0.3 is 9.47 Å². The van der Waals surface area contributed by atoms with Crippen LogP contribution in [0, 0.1) is 11.3 Å². The van der Waals surface area contributed by atoms with Crippen molar-refractivity contribution in [1.82, 2.24) is 0 Å². The van der Waals surface area contributed by atoms with Crippen LogP contribution in [0.4, 0.5) is 0 Å². The number of methoxy groups -OCH3 is 1. The second-order valence-corrected chi connectivity index (χ2v) is 4.75. The Kier molecular flexibility index (Phi) is 4.69. The first-order valence-corrected chi connectivity index (χ1v) is 6.56. The Morgan fingerprint density at radius 2 is 1.95 bits per heavy atom. The summed E-state index contributed by atoms with van der Waals surface area (Å²) >= 11 is 11.8. The van der Waals surface area contributed by atoms with E-state index in [0.29, 0.717) is 5.56 Å². The molecule has 0 heterocycles. The quantitative estimate of drug-likeness (QED) is 0.631. The van der Waals surface area contributed by atoms with Crippen molar-refractivity contribution < 1.29 is 14.3 Å². The third-order valence-corrected chi connectivity index (χ3v) is 3.49. The van der Waals surface area contributed by atoms with Crippen LogP contribution in [0.3, 0.4) is 0 Å². The lowest BCUT2D eigenvalue weighted by Crippen LogP contribution is -2.10. The molecule has 0 bridgehead atoms. The first-order valence-electron chi connectivity index (χ1n) is 5.81. The molecule has 2 aromatic carbocycles. The standard InChI is InChI=1S/C15H9Cl2NO3/c1-20-13-7-9(8-18)5-6-12(13)21-15(19)10-3-2-4-11(16)14(10)17/h2-7H,1H3. The van der Waals surface area contributed by atoms with Crippen molar-refractivity contribution in [3.63, 3.8) is 0 Å². The summed E-state index contributed by atoms with van der Waals surface area (Å²) in [5.74, 6) is -0.191. The Labute approximate surface area is 131 Å². The molecule has 0 spiro atoms. The van der Waals surface area contributed by atoms with Crippen LogP contribution < -0.4 is 9.47 Å². The van der Waals surface area contributed by atoms with Crippen molar-refractivity contribution in [2.75, 3.05) is 7.11 Å². The molecule has 4 nitrogen and oxygen atoms in total. The van der Waals surface area contributed by atoms with Crippen molar-refractivity contribution in [2.45, 2.75) is 0 Å². The minimum atomic E-state index is -0.662. The maximum atomic E-state index is 12.1. The fourth-order valence-corrected chi connectivity index (χ4v) is 2.02. The number of ether oxygens (including phenoxy) is 2. The van der Waals surface area contributed by atoms with Crippen molar-refractivity contribution in [2.24, 2.45) is 0 Å². The monoisotopic (exact) mass is 321 g/mol. The van der Waals surface area contributed by atoms with Gasteiger partial charge >= 0.3 is 5.97 Å². The summed E-state index contributed by atoms with van der Waals surface area (Å²) in [5, 5.41) is 9.21. The van der Waals surface area contributed by atoms with Gasteiger partial charge in [-0.2, -0.15) is 5.26 Å². The fraction of sp³-hybridized carbons (Fsp3) is 0.0667. The molecule has 21 heavy (non-hydrogen) atoms. The molecule has 0 saturated heterocycles. The molecule has 0 saturated carbocycles. The second kappa shape index (κ2) is 6.49. The highest BCUT2D eigenvalue weighted by molar-refractivity contribution is 6.43. The zero-order valence-corrected chi connectivity index (χ0v) is 12.4. The number of rotatable bonds is 3. The lowest BCUT2D eigenvalue weighted by Gasteiger charge is -2.10. The highest BCUT2D eigenvalue weighted by atomic mass is 35.5. The largest absolute Gasteiger partial charge is 0.493 e. The van der Waals surface area contributed by atoms with Crippen LogP contribution in [0.15, 0.2) is 36.4 Å². The van der Waals surface area contributed by atoms with Gasteiger partial charge in [0.15, 0.2) is 11.5 Å². The number of benzene rings is 2. The Hall–Kier alpha value is -2.22. The average molecular weight is 322 g/mol. The summed E-state index contributed by atoms with van der Waals surface area (Å²) in [6, 6.07) is 11.1. The molecular formula is C15H9Cl2NO3. The van der Waals surface area contributed by atoms with E-state index < -0.39 is 5.97 Å². The molecule has 0 fully saturated rings. The molecule has 2 rings (SSSR count). The zero-order chi connectivity index (χ0) is 15.4. The molecule has 0 atom stereocenters. The number of hydrogen-bond donors (Lipinski definition) is 0. The van der Waals surface area contributed by atoms with Gasteiger partial charge in [-0.05, 0) is 24.3 Å². The number of carbonyl (C=O) groups excluding carboxylic acids is 1. The Morgan fingerprint density at radius 3 is 2.62 bits per heavy atom. The number of nitrogens with zero attached hydrogens (tertiary/aromatic N) is 1. The number of esters is 1. The van der Waals surface area contributed by atoms with E-state index in [9.17, 15) is 4.79 Å². The summed E-state index contributed by atoms with van der Waals surface area (Å²) < 4.78 is 10.3. The van der Waals surface area contributed by atoms with E-state index >= 15 is 0 Å². The Morgan fingerprint density at radius 1 is 1.19 bits per heavy atom. The van der Waals surface area contributed by atoms with Gasteiger partial charge in [0.05, 0.1) is 34.4 Å². The third-order valence-electron chi connectivity index (χ3n) is 2.67. The maximum absolute atomic E-state index is 12.1. The van der Waals surface area contributed by atoms with Crippen LogP contribution >= 0.6 is 23.2 Å². The Bertz CT molecular complexity index is 738. The maximum Gasteiger partial charge on any atom is 0.345 e. The van der Waals surface area contributed by atoms with Crippen LogP contribution in [0.2, 0.25) is 10.0 Å².